The summed E-state index contributed by atoms with van der Waals surface area (Å²) in [5.74, 6) is 0.603. The van der Waals surface area contributed by atoms with Crippen LogP contribution in [0.2, 0.25) is 0 Å². The number of hydrogen-bond donors (Lipinski definition) is 1. The summed E-state index contributed by atoms with van der Waals surface area (Å²) in [5, 5.41) is 11.3. The van der Waals surface area contributed by atoms with Crippen LogP contribution < -0.4 is 4.90 Å². The largest absolute Gasteiger partial charge is 0.388 e. The standard InChI is InChI=1S/C22H24FN3O/c23-17-2-1-3-18(12-17)25-9-6-16(7-10-25)22(27)21-19(15-4-5-15)8-11-26-14-24-13-20(21)26/h1-3,8,11-16,22,27H,4-7,9-10H2. The van der Waals surface area contributed by atoms with Gasteiger partial charge >= 0.3 is 0 Å². The predicted molar refractivity (Wildman–Crippen MR) is 103 cm³/mol. The van der Waals surface area contributed by atoms with Gasteiger partial charge in [0.15, 0.2) is 0 Å². The van der Waals surface area contributed by atoms with Gasteiger partial charge in [-0.25, -0.2) is 9.37 Å². The summed E-state index contributed by atoms with van der Waals surface area (Å²) >= 11 is 0. The number of imidazole rings is 1. The van der Waals surface area contributed by atoms with E-state index < -0.39 is 6.10 Å². The minimum absolute atomic E-state index is 0.198. The number of piperidine rings is 1. The molecule has 1 saturated carbocycles. The molecule has 1 saturated heterocycles. The van der Waals surface area contributed by atoms with Gasteiger partial charge in [-0.1, -0.05) is 6.07 Å². The van der Waals surface area contributed by atoms with Gasteiger partial charge in [-0.05, 0) is 67.3 Å². The Bertz CT molecular complexity index is 957. The molecule has 2 aromatic heterocycles. The Hall–Kier alpha value is -2.40. The van der Waals surface area contributed by atoms with Gasteiger partial charge in [0, 0.05) is 30.5 Å². The van der Waals surface area contributed by atoms with Crippen LogP contribution in [0, 0.1) is 11.7 Å². The molecular weight excluding hydrogens is 341 g/mol. The van der Waals surface area contributed by atoms with Crippen LogP contribution in [0.4, 0.5) is 10.1 Å². The number of nitrogens with zero attached hydrogens (tertiary/aromatic N) is 3. The molecule has 3 heterocycles. The lowest BCUT2D eigenvalue weighted by Crippen LogP contribution is -2.36. The minimum atomic E-state index is -0.476. The number of pyridine rings is 1. The highest BCUT2D eigenvalue weighted by atomic mass is 19.1. The first-order valence-electron chi connectivity index (χ1n) is 9.84. The first-order valence-corrected chi connectivity index (χ1v) is 9.84. The fraction of sp³-hybridized carbons (Fsp3) is 0.409. The minimum Gasteiger partial charge on any atom is -0.388 e. The molecule has 0 amide bonds. The van der Waals surface area contributed by atoms with Gasteiger partial charge in [-0.2, -0.15) is 0 Å². The molecule has 3 aromatic rings. The summed E-state index contributed by atoms with van der Waals surface area (Å²) in [6, 6.07) is 8.94. The highest BCUT2D eigenvalue weighted by Crippen LogP contribution is 2.46. The van der Waals surface area contributed by atoms with Gasteiger partial charge in [-0.3, -0.25) is 0 Å². The first kappa shape index (κ1) is 16.8. The Labute approximate surface area is 158 Å². The smallest absolute Gasteiger partial charge is 0.125 e. The maximum atomic E-state index is 13.5. The van der Waals surface area contributed by atoms with Crippen LogP contribution in [0.25, 0.3) is 5.52 Å². The monoisotopic (exact) mass is 365 g/mol. The summed E-state index contributed by atoms with van der Waals surface area (Å²) in [6.07, 6.45) is 9.47. The summed E-state index contributed by atoms with van der Waals surface area (Å²) < 4.78 is 15.5. The SMILES string of the molecule is OC(c1c(C2CC2)ccn2cncc12)C1CCN(c2cccc(F)c2)CC1. The Morgan fingerprint density at radius 3 is 2.67 bits per heavy atom. The van der Waals surface area contributed by atoms with Crippen LogP contribution in [-0.4, -0.2) is 27.6 Å². The molecule has 27 heavy (non-hydrogen) atoms. The summed E-state index contributed by atoms with van der Waals surface area (Å²) in [5.41, 5.74) is 4.32. The maximum absolute atomic E-state index is 13.5. The van der Waals surface area contributed by atoms with Crippen molar-refractivity contribution in [2.45, 2.75) is 37.7 Å². The van der Waals surface area contributed by atoms with E-state index in [9.17, 15) is 9.50 Å². The number of aliphatic hydroxyl groups is 1. The number of rotatable bonds is 4. The number of benzene rings is 1. The number of anilines is 1. The van der Waals surface area contributed by atoms with Crippen LogP contribution in [0.1, 0.15) is 48.8 Å². The molecule has 0 spiro atoms. The number of halogens is 1. The van der Waals surface area contributed by atoms with Gasteiger partial charge in [-0.15, -0.1) is 0 Å². The Kier molecular flexibility index (Phi) is 4.12. The van der Waals surface area contributed by atoms with Crippen molar-refractivity contribution < 1.29 is 9.50 Å². The van der Waals surface area contributed by atoms with Crippen LogP contribution in [0.5, 0.6) is 0 Å². The predicted octanol–water partition coefficient (Wildman–Crippen LogP) is 4.30. The van der Waals surface area contributed by atoms with Crippen molar-refractivity contribution >= 4 is 11.2 Å². The van der Waals surface area contributed by atoms with E-state index in [4.69, 9.17) is 0 Å². The molecule has 1 aliphatic carbocycles. The lowest BCUT2D eigenvalue weighted by atomic mass is 9.84. The third-order valence-corrected chi connectivity index (χ3v) is 6.14. The van der Waals surface area contributed by atoms with Gasteiger partial charge in [0.05, 0.1) is 24.1 Å². The second-order valence-corrected chi connectivity index (χ2v) is 7.89. The summed E-state index contributed by atoms with van der Waals surface area (Å²) in [6.45, 7) is 1.68. The lowest BCUT2D eigenvalue weighted by Gasteiger charge is -2.36. The van der Waals surface area contributed by atoms with Crippen molar-refractivity contribution in [2.24, 2.45) is 5.92 Å². The zero-order valence-electron chi connectivity index (χ0n) is 15.3. The third kappa shape index (κ3) is 3.10. The normalized spacial score (nSPS) is 19.6. The van der Waals surface area contributed by atoms with E-state index in [0.29, 0.717) is 5.92 Å². The molecule has 1 aromatic carbocycles. The zero-order valence-corrected chi connectivity index (χ0v) is 15.3. The molecule has 1 N–H and O–H groups in total. The van der Waals surface area contributed by atoms with E-state index in [1.807, 2.05) is 16.7 Å². The van der Waals surface area contributed by atoms with Crippen molar-refractivity contribution in [3.8, 4) is 0 Å². The second kappa shape index (κ2) is 6.64. The van der Waals surface area contributed by atoms with E-state index >= 15 is 0 Å². The number of aromatic nitrogens is 2. The lowest BCUT2D eigenvalue weighted by molar-refractivity contribution is 0.0931. The molecule has 5 heteroatoms. The Balaban J connectivity index is 1.38. The van der Waals surface area contributed by atoms with E-state index in [0.717, 1.165) is 42.7 Å². The quantitative estimate of drug-likeness (QED) is 0.749. The summed E-state index contributed by atoms with van der Waals surface area (Å²) in [4.78, 5) is 6.49. The van der Waals surface area contributed by atoms with Crippen molar-refractivity contribution in [3.05, 3.63) is 66.0 Å². The molecule has 0 bridgehead atoms. The average molecular weight is 365 g/mol. The fourth-order valence-electron chi connectivity index (χ4n) is 4.48. The fourth-order valence-corrected chi connectivity index (χ4v) is 4.48. The van der Waals surface area contributed by atoms with Crippen molar-refractivity contribution in [3.63, 3.8) is 0 Å². The Morgan fingerprint density at radius 1 is 1.11 bits per heavy atom. The van der Waals surface area contributed by atoms with Crippen molar-refractivity contribution in [2.75, 3.05) is 18.0 Å². The number of aliphatic hydroxyl groups excluding tert-OH is 1. The molecule has 1 unspecified atom stereocenters. The number of hydrogen-bond acceptors (Lipinski definition) is 3. The topological polar surface area (TPSA) is 40.8 Å². The first-order chi connectivity index (χ1) is 13.2. The second-order valence-electron chi connectivity index (χ2n) is 7.89. The van der Waals surface area contributed by atoms with Gasteiger partial charge in [0.25, 0.3) is 0 Å². The highest BCUT2D eigenvalue weighted by Gasteiger charge is 2.33. The van der Waals surface area contributed by atoms with Crippen LogP contribution in [0.3, 0.4) is 0 Å². The van der Waals surface area contributed by atoms with Crippen LogP contribution in [0.15, 0.2) is 49.1 Å². The molecule has 2 aliphatic rings. The molecule has 1 aliphatic heterocycles. The maximum Gasteiger partial charge on any atom is 0.125 e. The summed E-state index contributed by atoms with van der Waals surface area (Å²) in [7, 11) is 0. The third-order valence-electron chi connectivity index (χ3n) is 6.14. The molecule has 140 valence electrons. The van der Waals surface area contributed by atoms with Crippen LogP contribution >= 0.6 is 0 Å². The Morgan fingerprint density at radius 2 is 1.93 bits per heavy atom. The molecule has 0 radical (unpaired) electrons. The van der Waals surface area contributed by atoms with E-state index in [-0.39, 0.29) is 11.7 Å². The average Bonchev–Trinajstić information content (AvgIpc) is 3.43. The molecule has 1 atom stereocenters. The van der Waals surface area contributed by atoms with Gasteiger partial charge in [0.1, 0.15) is 5.82 Å². The molecule has 4 nitrogen and oxygen atoms in total. The molecule has 2 fully saturated rings. The van der Waals surface area contributed by atoms with Crippen molar-refractivity contribution in [1.29, 1.82) is 0 Å². The highest BCUT2D eigenvalue weighted by molar-refractivity contribution is 5.59. The van der Waals surface area contributed by atoms with E-state index in [1.165, 1.54) is 24.5 Å². The van der Waals surface area contributed by atoms with Gasteiger partial charge in [0.2, 0.25) is 0 Å². The van der Waals surface area contributed by atoms with Gasteiger partial charge < -0.3 is 14.4 Å². The van der Waals surface area contributed by atoms with E-state index in [1.54, 1.807) is 18.5 Å². The van der Waals surface area contributed by atoms with Crippen molar-refractivity contribution in [1.82, 2.24) is 9.38 Å². The molecular formula is C22H24FN3O. The number of fused-ring (bicyclic) bond motifs is 1. The van der Waals surface area contributed by atoms with Crippen LogP contribution in [-0.2, 0) is 0 Å². The molecule has 5 rings (SSSR count). The zero-order chi connectivity index (χ0) is 18.4. The van der Waals surface area contributed by atoms with E-state index in [2.05, 4.69) is 22.1 Å².